The van der Waals surface area contributed by atoms with E-state index in [2.05, 4.69) is 10.0 Å². The summed E-state index contributed by atoms with van der Waals surface area (Å²) >= 11 is 1.38. The molecule has 0 fully saturated rings. The number of hydrogen-bond donors (Lipinski definition) is 0. The molecule has 1 aromatic heterocycles. The minimum atomic E-state index is 0.0483. The summed E-state index contributed by atoms with van der Waals surface area (Å²) in [5, 5.41) is 5.22. The Kier molecular flexibility index (Phi) is 2.85. The monoisotopic (exact) mass is 181 g/mol. The predicted molar refractivity (Wildman–Crippen MR) is 47.2 cm³/mol. The van der Waals surface area contributed by atoms with Crippen LogP contribution in [0.5, 0.6) is 0 Å². The molecule has 5 heteroatoms. The van der Waals surface area contributed by atoms with E-state index in [4.69, 9.17) is 5.53 Å². The molecular weight excluding hydrogens is 174 g/mol. The lowest BCUT2D eigenvalue weighted by molar-refractivity contribution is 0.102. The number of carbonyl (C=O) groups excluding carboxylic acids is 1. The first-order valence-electron chi connectivity index (χ1n) is 3.33. The van der Waals surface area contributed by atoms with Crippen LogP contribution in [-0.2, 0) is 6.54 Å². The van der Waals surface area contributed by atoms with Crippen molar-refractivity contribution in [2.75, 3.05) is 0 Å². The van der Waals surface area contributed by atoms with Gasteiger partial charge in [0, 0.05) is 4.91 Å². The molecule has 0 N–H and O–H groups in total. The number of thiophene rings is 1. The SMILES string of the molecule is CC(=O)c1cc(CN=[N+]=[N-])cs1. The normalized spacial score (nSPS) is 9.08. The molecule has 0 amide bonds. The van der Waals surface area contributed by atoms with E-state index in [-0.39, 0.29) is 5.78 Å². The zero-order chi connectivity index (χ0) is 8.97. The molecule has 0 aliphatic heterocycles. The van der Waals surface area contributed by atoms with E-state index in [0.29, 0.717) is 11.4 Å². The molecule has 1 heterocycles. The molecule has 0 saturated carbocycles. The molecule has 0 saturated heterocycles. The van der Waals surface area contributed by atoms with E-state index in [9.17, 15) is 4.79 Å². The lowest BCUT2D eigenvalue weighted by Gasteiger charge is -1.84. The molecule has 0 atom stereocenters. The molecule has 0 bridgehead atoms. The maximum Gasteiger partial charge on any atom is 0.169 e. The molecular formula is C7H7N3OS. The fraction of sp³-hybridized carbons (Fsp3) is 0.286. The number of ketones is 1. The summed E-state index contributed by atoms with van der Waals surface area (Å²) in [6.45, 7) is 1.84. The number of hydrogen-bond acceptors (Lipinski definition) is 3. The topological polar surface area (TPSA) is 65.8 Å². The Morgan fingerprint density at radius 1 is 1.83 bits per heavy atom. The standard InChI is InChI=1S/C7H7N3OS/c1-5(11)7-2-6(4-12-7)3-9-10-8/h2,4H,3H2,1H3. The highest BCUT2D eigenvalue weighted by molar-refractivity contribution is 7.12. The second-order valence-corrected chi connectivity index (χ2v) is 3.18. The average molecular weight is 181 g/mol. The van der Waals surface area contributed by atoms with Crippen molar-refractivity contribution in [1.82, 2.24) is 0 Å². The van der Waals surface area contributed by atoms with Crippen LogP contribution in [0.15, 0.2) is 16.6 Å². The Morgan fingerprint density at radius 2 is 2.58 bits per heavy atom. The van der Waals surface area contributed by atoms with Gasteiger partial charge in [-0.05, 0) is 29.5 Å². The maximum atomic E-state index is 10.8. The van der Waals surface area contributed by atoms with Crippen molar-refractivity contribution >= 4 is 17.1 Å². The van der Waals surface area contributed by atoms with Crippen LogP contribution in [0.1, 0.15) is 22.2 Å². The van der Waals surface area contributed by atoms with E-state index >= 15 is 0 Å². The van der Waals surface area contributed by atoms with Crippen LogP contribution in [0.25, 0.3) is 10.4 Å². The fourth-order valence-electron chi connectivity index (χ4n) is 0.756. The molecule has 0 aliphatic carbocycles. The number of rotatable bonds is 3. The zero-order valence-electron chi connectivity index (χ0n) is 6.52. The van der Waals surface area contributed by atoms with E-state index in [0.717, 1.165) is 5.56 Å². The van der Waals surface area contributed by atoms with Crippen LogP contribution >= 0.6 is 11.3 Å². The number of nitrogens with zero attached hydrogens (tertiary/aromatic N) is 3. The largest absolute Gasteiger partial charge is 0.294 e. The third-order valence-corrected chi connectivity index (χ3v) is 2.40. The summed E-state index contributed by atoms with van der Waals surface area (Å²) in [4.78, 5) is 14.2. The number of Topliss-reactive ketones (excluding diaryl/α,β-unsaturated/α-hetero) is 1. The highest BCUT2D eigenvalue weighted by Gasteiger charge is 2.02. The smallest absolute Gasteiger partial charge is 0.169 e. The fourth-order valence-corrected chi connectivity index (χ4v) is 1.56. The minimum Gasteiger partial charge on any atom is -0.294 e. The molecule has 1 aromatic rings. The van der Waals surface area contributed by atoms with E-state index in [1.807, 2.05) is 5.38 Å². The molecule has 4 nitrogen and oxygen atoms in total. The third-order valence-electron chi connectivity index (χ3n) is 1.32. The molecule has 1 rings (SSSR count). The van der Waals surface area contributed by atoms with Gasteiger partial charge in [0.2, 0.25) is 0 Å². The van der Waals surface area contributed by atoms with Gasteiger partial charge in [-0.15, -0.1) is 11.3 Å². The van der Waals surface area contributed by atoms with E-state index in [1.165, 1.54) is 18.3 Å². The lowest BCUT2D eigenvalue weighted by atomic mass is 10.3. The van der Waals surface area contributed by atoms with Crippen LogP contribution in [-0.4, -0.2) is 5.78 Å². The van der Waals surface area contributed by atoms with Crippen molar-refractivity contribution in [2.45, 2.75) is 13.5 Å². The zero-order valence-corrected chi connectivity index (χ0v) is 7.34. The summed E-state index contributed by atoms with van der Waals surface area (Å²) < 4.78 is 0. The molecule has 0 spiro atoms. The van der Waals surface area contributed by atoms with E-state index < -0.39 is 0 Å². The van der Waals surface area contributed by atoms with Crippen molar-refractivity contribution < 1.29 is 4.79 Å². The van der Waals surface area contributed by atoms with Gasteiger partial charge < -0.3 is 0 Å². The Balaban J connectivity index is 2.77. The van der Waals surface area contributed by atoms with Crippen molar-refractivity contribution in [2.24, 2.45) is 5.11 Å². The van der Waals surface area contributed by atoms with Crippen molar-refractivity contribution in [3.05, 3.63) is 32.3 Å². The van der Waals surface area contributed by atoms with E-state index in [1.54, 1.807) is 6.07 Å². The Bertz CT molecular complexity index is 338. The lowest BCUT2D eigenvalue weighted by Crippen LogP contribution is -1.84. The van der Waals surface area contributed by atoms with Crippen molar-refractivity contribution in [1.29, 1.82) is 0 Å². The van der Waals surface area contributed by atoms with Crippen LogP contribution < -0.4 is 0 Å². The highest BCUT2D eigenvalue weighted by Crippen LogP contribution is 2.15. The average Bonchev–Trinajstić information content (AvgIpc) is 2.48. The predicted octanol–water partition coefficient (Wildman–Crippen LogP) is 2.76. The summed E-state index contributed by atoms with van der Waals surface area (Å²) in [5.41, 5.74) is 8.93. The number of carbonyl (C=O) groups is 1. The van der Waals surface area contributed by atoms with Gasteiger partial charge in [-0.25, -0.2) is 0 Å². The van der Waals surface area contributed by atoms with Gasteiger partial charge in [0.05, 0.1) is 11.4 Å². The van der Waals surface area contributed by atoms with Crippen LogP contribution in [0, 0.1) is 0 Å². The molecule has 0 radical (unpaired) electrons. The van der Waals surface area contributed by atoms with Gasteiger partial charge in [-0.3, -0.25) is 4.79 Å². The summed E-state index contributed by atoms with van der Waals surface area (Å²) in [5.74, 6) is 0.0483. The van der Waals surface area contributed by atoms with Crippen molar-refractivity contribution in [3.63, 3.8) is 0 Å². The quantitative estimate of drug-likeness (QED) is 0.306. The Labute approximate surface area is 73.5 Å². The number of azide groups is 1. The minimum absolute atomic E-state index is 0.0483. The molecule has 12 heavy (non-hydrogen) atoms. The van der Waals surface area contributed by atoms with Gasteiger partial charge in [0.1, 0.15) is 0 Å². The first-order valence-corrected chi connectivity index (χ1v) is 4.21. The van der Waals surface area contributed by atoms with Gasteiger partial charge in [-0.2, -0.15) is 0 Å². The highest BCUT2D eigenvalue weighted by atomic mass is 32.1. The van der Waals surface area contributed by atoms with Crippen molar-refractivity contribution in [3.8, 4) is 0 Å². The third kappa shape index (κ3) is 2.08. The summed E-state index contributed by atoms with van der Waals surface area (Å²) in [7, 11) is 0. The maximum absolute atomic E-state index is 10.8. The molecule has 0 unspecified atom stereocenters. The van der Waals surface area contributed by atoms with Gasteiger partial charge in [0.25, 0.3) is 0 Å². The molecule has 0 aliphatic rings. The summed E-state index contributed by atoms with van der Waals surface area (Å²) in [6.07, 6.45) is 0. The molecule has 0 aromatic carbocycles. The molecule has 62 valence electrons. The first-order chi connectivity index (χ1) is 5.74. The van der Waals surface area contributed by atoms with Gasteiger partial charge in [0.15, 0.2) is 5.78 Å². The van der Waals surface area contributed by atoms with Crippen LogP contribution in [0.2, 0.25) is 0 Å². The Hall–Kier alpha value is -1.32. The Morgan fingerprint density at radius 3 is 3.08 bits per heavy atom. The van der Waals surface area contributed by atoms with Gasteiger partial charge >= 0.3 is 0 Å². The second kappa shape index (κ2) is 3.90. The first kappa shape index (κ1) is 8.77. The summed E-state index contributed by atoms with van der Waals surface area (Å²) in [6, 6.07) is 1.75. The second-order valence-electron chi connectivity index (χ2n) is 2.26. The van der Waals surface area contributed by atoms with Crippen LogP contribution in [0.3, 0.4) is 0 Å². The van der Waals surface area contributed by atoms with Crippen LogP contribution in [0.4, 0.5) is 0 Å². The van der Waals surface area contributed by atoms with Gasteiger partial charge in [-0.1, -0.05) is 5.11 Å².